The molecule has 0 aliphatic rings. The Bertz CT molecular complexity index is 1290. The number of fused-ring (bicyclic) bond motifs is 1. The van der Waals surface area contributed by atoms with E-state index in [-0.39, 0.29) is 0 Å². The number of aromatic nitrogens is 2. The molecule has 0 unspecified atom stereocenters. The number of rotatable bonds is 7. The van der Waals surface area contributed by atoms with Crippen molar-refractivity contribution < 1.29 is 9.47 Å². The molecule has 0 radical (unpaired) electrons. The lowest BCUT2D eigenvalue weighted by Gasteiger charge is -2.08. The summed E-state index contributed by atoms with van der Waals surface area (Å²) in [4.78, 5) is 9.47. The number of hydrogen-bond donors (Lipinski definition) is 1. The Kier molecular flexibility index (Phi) is 6.05. The number of anilines is 1. The Morgan fingerprint density at radius 2 is 2.06 bits per heavy atom. The van der Waals surface area contributed by atoms with E-state index in [0.29, 0.717) is 23.5 Å². The number of ether oxygens (including phenoxy) is 2. The van der Waals surface area contributed by atoms with Crippen molar-refractivity contribution >= 4 is 33.6 Å². The van der Waals surface area contributed by atoms with Crippen LogP contribution in [0, 0.1) is 11.3 Å². The van der Waals surface area contributed by atoms with E-state index in [1.54, 1.807) is 13.3 Å². The van der Waals surface area contributed by atoms with Crippen LogP contribution in [0.2, 0.25) is 0 Å². The standard InChI is InChI=1S/C23H19N5O2S/c1-3-30-19-10-5-4-9-17(19)21-18(12-24)20-22(31-21)23(26-14-25-20)28-27-13-15-7-6-8-16(11-15)29-2/h4-11,13-14H,3H2,1-2H3,(H,25,26,28)/b27-13+. The normalized spacial score (nSPS) is 10.9. The van der Waals surface area contributed by atoms with Gasteiger partial charge in [-0.15, -0.1) is 11.3 Å². The molecule has 31 heavy (non-hydrogen) atoms. The van der Waals surface area contributed by atoms with Crippen LogP contribution in [0.1, 0.15) is 18.1 Å². The predicted octanol–water partition coefficient (Wildman–Crippen LogP) is 5.08. The van der Waals surface area contributed by atoms with Crippen molar-refractivity contribution in [3.05, 3.63) is 66.0 Å². The molecule has 2 aromatic carbocycles. The molecule has 8 heteroatoms. The minimum absolute atomic E-state index is 0.495. The van der Waals surface area contributed by atoms with Crippen molar-refractivity contribution in [1.29, 1.82) is 5.26 Å². The van der Waals surface area contributed by atoms with Gasteiger partial charge in [-0.25, -0.2) is 9.97 Å². The lowest BCUT2D eigenvalue weighted by atomic mass is 10.1. The largest absolute Gasteiger partial charge is 0.497 e. The maximum atomic E-state index is 9.85. The summed E-state index contributed by atoms with van der Waals surface area (Å²) in [5.41, 5.74) is 5.80. The van der Waals surface area contributed by atoms with Gasteiger partial charge in [0.25, 0.3) is 0 Å². The fourth-order valence-corrected chi connectivity index (χ4v) is 4.28. The van der Waals surface area contributed by atoms with Crippen LogP contribution < -0.4 is 14.9 Å². The summed E-state index contributed by atoms with van der Waals surface area (Å²) in [5, 5.41) is 14.1. The SMILES string of the molecule is CCOc1ccccc1-c1sc2c(N/N=C/c3cccc(OC)c3)ncnc2c1C#N. The summed E-state index contributed by atoms with van der Waals surface area (Å²) in [5.74, 6) is 2.01. The summed E-state index contributed by atoms with van der Waals surface area (Å²) in [6, 6.07) is 17.5. The van der Waals surface area contributed by atoms with E-state index < -0.39 is 0 Å². The Balaban J connectivity index is 1.72. The molecule has 1 N–H and O–H groups in total. The molecule has 2 aromatic heterocycles. The molecular weight excluding hydrogens is 410 g/mol. The summed E-state index contributed by atoms with van der Waals surface area (Å²) in [6.07, 6.45) is 3.11. The number of para-hydroxylation sites is 1. The van der Waals surface area contributed by atoms with E-state index in [9.17, 15) is 5.26 Å². The Morgan fingerprint density at radius 3 is 2.87 bits per heavy atom. The highest BCUT2D eigenvalue weighted by molar-refractivity contribution is 7.23. The van der Waals surface area contributed by atoms with Crippen LogP contribution in [0.3, 0.4) is 0 Å². The first kappa shape index (κ1) is 20.3. The maximum absolute atomic E-state index is 9.85. The second-order valence-electron chi connectivity index (χ2n) is 6.39. The van der Waals surface area contributed by atoms with E-state index >= 15 is 0 Å². The summed E-state index contributed by atoms with van der Waals surface area (Å²) in [6.45, 7) is 2.47. The van der Waals surface area contributed by atoms with Crippen LogP contribution in [0.25, 0.3) is 20.7 Å². The number of nitrogens with zero attached hydrogens (tertiary/aromatic N) is 4. The minimum Gasteiger partial charge on any atom is -0.497 e. The molecule has 0 aliphatic heterocycles. The van der Waals surface area contributed by atoms with Gasteiger partial charge in [-0.1, -0.05) is 24.3 Å². The van der Waals surface area contributed by atoms with Crippen molar-refractivity contribution in [2.24, 2.45) is 5.10 Å². The Labute approximate surface area is 183 Å². The van der Waals surface area contributed by atoms with Gasteiger partial charge in [0.1, 0.15) is 29.4 Å². The molecule has 0 amide bonds. The highest BCUT2D eigenvalue weighted by Crippen LogP contribution is 2.43. The molecule has 0 saturated heterocycles. The van der Waals surface area contributed by atoms with Crippen molar-refractivity contribution in [2.45, 2.75) is 6.92 Å². The monoisotopic (exact) mass is 429 g/mol. The van der Waals surface area contributed by atoms with Crippen LogP contribution in [0.15, 0.2) is 60.0 Å². The van der Waals surface area contributed by atoms with Gasteiger partial charge < -0.3 is 9.47 Å². The highest BCUT2D eigenvalue weighted by atomic mass is 32.1. The number of nitrogens with one attached hydrogen (secondary N) is 1. The quantitative estimate of drug-likeness (QED) is 0.325. The minimum atomic E-state index is 0.495. The molecule has 0 atom stereocenters. The van der Waals surface area contributed by atoms with Crippen LogP contribution in [-0.2, 0) is 0 Å². The van der Waals surface area contributed by atoms with Gasteiger partial charge in [-0.05, 0) is 36.8 Å². The fraction of sp³-hybridized carbons (Fsp3) is 0.130. The van der Waals surface area contributed by atoms with Gasteiger partial charge in [0.2, 0.25) is 0 Å². The summed E-state index contributed by atoms with van der Waals surface area (Å²) >= 11 is 1.44. The molecular formula is C23H19N5O2S. The molecule has 4 aromatic rings. The number of thiophene rings is 1. The van der Waals surface area contributed by atoms with E-state index in [4.69, 9.17) is 9.47 Å². The first-order valence-corrected chi connectivity index (χ1v) is 10.4. The van der Waals surface area contributed by atoms with Crippen LogP contribution >= 0.6 is 11.3 Å². The van der Waals surface area contributed by atoms with Crippen molar-refractivity contribution in [2.75, 3.05) is 19.1 Å². The number of benzene rings is 2. The van der Waals surface area contributed by atoms with E-state index in [0.717, 1.165) is 32.2 Å². The molecule has 0 saturated carbocycles. The average Bonchev–Trinajstić information content (AvgIpc) is 3.19. The maximum Gasteiger partial charge on any atom is 0.167 e. The zero-order valence-electron chi connectivity index (χ0n) is 17.0. The number of hydrazone groups is 1. The molecule has 0 aliphatic carbocycles. The fourth-order valence-electron chi connectivity index (χ4n) is 3.11. The van der Waals surface area contributed by atoms with Crippen LogP contribution in [0.5, 0.6) is 11.5 Å². The molecule has 7 nitrogen and oxygen atoms in total. The number of methoxy groups -OCH3 is 1. The van der Waals surface area contributed by atoms with Crippen molar-refractivity contribution in [3.63, 3.8) is 0 Å². The smallest absolute Gasteiger partial charge is 0.167 e. The third kappa shape index (κ3) is 4.17. The van der Waals surface area contributed by atoms with Gasteiger partial charge in [0, 0.05) is 5.56 Å². The zero-order chi connectivity index (χ0) is 21.6. The van der Waals surface area contributed by atoms with Crippen LogP contribution in [0.4, 0.5) is 5.82 Å². The van der Waals surface area contributed by atoms with Gasteiger partial charge in [-0.2, -0.15) is 10.4 Å². The number of hydrogen-bond acceptors (Lipinski definition) is 8. The van der Waals surface area contributed by atoms with Crippen molar-refractivity contribution in [1.82, 2.24) is 9.97 Å². The number of nitriles is 1. The first-order valence-electron chi connectivity index (χ1n) is 9.58. The van der Waals surface area contributed by atoms with Gasteiger partial charge in [-0.3, -0.25) is 5.43 Å². The zero-order valence-corrected chi connectivity index (χ0v) is 17.8. The second-order valence-corrected chi connectivity index (χ2v) is 7.41. The van der Waals surface area contributed by atoms with E-state index in [1.807, 2.05) is 55.5 Å². The molecule has 0 bridgehead atoms. The van der Waals surface area contributed by atoms with E-state index in [1.165, 1.54) is 17.7 Å². The lowest BCUT2D eigenvalue weighted by Crippen LogP contribution is -1.95. The van der Waals surface area contributed by atoms with Crippen molar-refractivity contribution in [3.8, 4) is 28.0 Å². The van der Waals surface area contributed by atoms with Crippen LogP contribution in [-0.4, -0.2) is 29.9 Å². The van der Waals surface area contributed by atoms with E-state index in [2.05, 4.69) is 26.6 Å². The summed E-state index contributed by atoms with van der Waals surface area (Å²) < 4.78 is 11.7. The highest BCUT2D eigenvalue weighted by Gasteiger charge is 2.20. The molecule has 4 rings (SSSR count). The van der Waals surface area contributed by atoms with Gasteiger partial charge in [0.05, 0.1) is 35.1 Å². The topological polar surface area (TPSA) is 92.4 Å². The predicted molar refractivity (Wildman–Crippen MR) is 123 cm³/mol. The molecule has 0 spiro atoms. The molecule has 154 valence electrons. The first-order chi connectivity index (χ1) is 15.2. The second kappa shape index (κ2) is 9.24. The van der Waals surface area contributed by atoms with Gasteiger partial charge in [0.15, 0.2) is 5.82 Å². The molecule has 2 heterocycles. The van der Waals surface area contributed by atoms with Gasteiger partial charge >= 0.3 is 0 Å². The molecule has 0 fully saturated rings. The Morgan fingerprint density at radius 1 is 1.19 bits per heavy atom. The average molecular weight is 430 g/mol. The lowest BCUT2D eigenvalue weighted by molar-refractivity contribution is 0.341. The summed E-state index contributed by atoms with van der Waals surface area (Å²) in [7, 11) is 1.62. The Hall–Kier alpha value is -3.96. The third-order valence-electron chi connectivity index (χ3n) is 4.49. The third-order valence-corrected chi connectivity index (χ3v) is 5.71.